The fourth-order valence-corrected chi connectivity index (χ4v) is 2.92. The van der Waals surface area contributed by atoms with Crippen molar-refractivity contribution in [2.24, 2.45) is 0 Å². The molecule has 1 N–H and O–H groups in total. The Labute approximate surface area is 135 Å². The van der Waals surface area contributed by atoms with Gasteiger partial charge in [0.05, 0.1) is 18.8 Å². The first-order valence-corrected chi connectivity index (χ1v) is 8.10. The molecule has 7 nitrogen and oxygen atoms in total. The lowest BCUT2D eigenvalue weighted by atomic mass is 10.1. The highest BCUT2D eigenvalue weighted by atomic mass is 16.5. The maximum Gasteiger partial charge on any atom is 0.240 e. The minimum Gasteiger partial charge on any atom is -0.338 e. The largest absolute Gasteiger partial charge is 0.338 e. The summed E-state index contributed by atoms with van der Waals surface area (Å²) in [7, 11) is 0. The van der Waals surface area contributed by atoms with Crippen LogP contribution in [-0.4, -0.2) is 44.9 Å². The number of amides is 1. The zero-order valence-corrected chi connectivity index (χ0v) is 13.6. The third-order valence-corrected chi connectivity index (χ3v) is 4.19. The molecule has 1 aliphatic rings. The summed E-state index contributed by atoms with van der Waals surface area (Å²) in [6.45, 7) is 6.19. The number of anilines is 1. The topological polar surface area (TPSA) is 76.2 Å². The van der Waals surface area contributed by atoms with Gasteiger partial charge in [0.2, 0.25) is 11.8 Å². The van der Waals surface area contributed by atoms with Crippen LogP contribution in [0.25, 0.3) is 0 Å². The SMILES string of the molecule is CC(C)c1cc(NC(=O)CN2CCC[C@H]2Cn2cccn2)on1. The van der Waals surface area contributed by atoms with E-state index >= 15 is 0 Å². The van der Waals surface area contributed by atoms with Crippen LogP contribution in [-0.2, 0) is 11.3 Å². The first-order chi connectivity index (χ1) is 11.1. The smallest absolute Gasteiger partial charge is 0.240 e. The van der Waals surface area contributed by atoms with Crippen LogP contribution >= 0.6 is 0 Å². The van der Waals surface area contributed by atoms with Crippen molar-refractivity contribution < 1.29 is 9.32 Å². The van der Waals surface area contributed by atoms with Crippen LogP contribution < -0.4 is 5.32 Å². The Bertz CT molecular complexity index is 635. The highest BCUT2D eigenvalue weighted by Gasteiger charge is 2.27. The van der Waals surface area contributed by atoms with E-state index in [1.807, 2.05) is 30.8 Å². The Hall–Kier alpha value is -2.15. The van der Waals surface area contributed by atoms with Gasteiger partial charge in [0.1, 0.15) is 0 Å². The fourth-order valence-electron chi connectivity index (χ4n) is 2.92. The molecule has 0 aromatic carbocycles. The van der Waals surface area contributed by atoms with Gasteiger partial charge in [0.15, 0.2) is 0 Å². The number of hydrogen-bond donors (Lipinski definition) is 1. The number of nitrogens with zero attached hydrogens (tertiary/aromatic N) is 4. The highest BCUT2D eigenvalue weighted by molar-refractivity contribution is 5.91. The zero-order valence-electron chi connectivity index (χ0n) is 13.6. The monoisotopic (exact) mass is 317 g/mol. The van der Waals surface area contributed by atoms with Crippen LogP contribution in [0, 0.1) is 0 Å². The molecule has 23 heavy (non-hydrogen) atoms. The summed E-state index contributed by atoms with van der Waals surface area (Å²) in [4.78, 5) is 14.4. The molecule has 2 aromatic heterocycles. The molecule has 3 rings (SSSR count). The Kier molecular flexibility index (Phi) is 4.76. The van der Waals surface area contributed by atoms with Crippen molar-refractivity contribution in [3.8, 4) is 0 Å². The molecule has 7 heteroatoms. The van der Waals surface area contributed by atoms with Crippen molar-refractivity contribution in [2.75, 3.05) is 18.4 Å². The molecule has 1 atom stereocenters. The molecule has 1 fully saturated rings. The van der Waals surface area contributed by atoms with Gasteiger partial charge < -0.3 is 4.52 Å². The molecule has 124 valence electrons. The quantitative estimate of drug-likeness (QED) is 0.883. The number of nitrogens with one attached hydrogen (secondary N) is 1. The summed E-state index contributed by atoms with van der Waals surface area (Å²) in [6.07, 6.45) is 5.94. The van der Waals surface area contributed by atoms with Crippen LogP contribution in [0.4, 0.5) is 5.88 Å². The van der Waals surface area contributed by atoms with Crippen molar-refractivity contribution >= 4 is 11.8 Å². The molecule has 1 aliphatic heterocycles. The Morgan fingerprint density at radius 1 is 1.52 bits per heavy atom. The van der Waals surface area contributed by atoms with E-state index in [0.29, 0.717) is 18.5 Å². The lowest BCUT2D eigenvalue weighted by molar-refractivity contribution is -0.117. The van der Waals surface area contributed by atoms with E-state index in [2.05, 4.69) is 20.5 Å². The first-order valence-electron chi connectivity index (χ1n) is 8.10. The van der Waals surface area contributed by atoms with Crippen molar-refractivity contribution in [1.82, 2.24) is 19.8 Å². The molecule has 2 aromatic rings. The zero-order chi connectivity index (χ0) is 16.2. The van der Waals surface area contributed by atoms with E-state index in [-0.39, 0.29) is 11.8 Å². The summed E-state index contributed by atoms with van der Waals surface area (Å²) in [6, 6.07) is 4.05. The second-order valence-corrected chi connectivity index (χ2v) is 6.31. The van der Waals surface area contributed by atoms with Gasteiger partial charge in [-0.1, -0.05) is 19.0 Å². The third kappa shape index (κ3) is 3.98. The molecule has 0 aliphatic carbocycles. The van der Waals surface area contributed by atoms with E-state index in [1.165, 1.54) is 0 Å². The van der Waals surface area contributed by atoms with Gasteiger partial charge in [-0.3, -0.25) is 19.7 Å². The van der Waals surface area contributed by atoms with E-state index in [0.717, 1.165) is 31.6 Å². The summed E-state index contributed by atoms with van der Waals surface area (Å²) in [5.41, 5.74) is 0.845. The molecule has 1 amide bonds. The van der Waals surface area contributed by atoms with Crippen LogP contribution in [0.2, 0.25) is 0 Å². The van der Waals surface area contributed by atoms with Gasteiger partial charge >= 0.3 is 0 Å². The van der Waals surface area contributed by atoms with Crippen LogP contribution in [0.3, 0.4) is 0 Å². The Morgan fingerprint density at radius 2 is 2.39 bits per heavy atom. The summed E-state index contributed by atoms with van der Waals surface area (Å²) < 4.78 is 7.08. The van der Waals surface area contributed by atoms with E-state index in [1.54, 1.807) is 12.3 Å². The van der Waals surface area contributed by atoms with Gasteiger partial charge in [-0.05, 0) is 31.4 Å². The second-order valence-electron chi connectivity index (χ2n) is 6.31. The number of carbonyl (C=O) groups excluding carboxylic acids is 1. The van der Waals surface area contributed by atoms with Crippen molar-refractivity contribution in [3.63, 3.8) is 0 Å². The maximum atomic E-state index is 12.2. The van der Waals surface area contributed by atoms with Gasteiger partial charge in [-0.15, -0.1) is 0 Å². The van der Waals surface area contributed by atoms with Gasteiger partial charge in [-0.2, -0.15) is 5.10 Å². The van der Waals surface area contributed by atoms with E-state index in [9.17, 15) is 4.79 Å². The van der Waals surface area contributed by atoms with Crippen LogP contribution in [0.15, 0.2) is 29.0 Å². The standard InChI is InChI=1S/C16H23N5O2/c1-12(2)14-9-16(23-19-14)18-15(22)11-20-7-3-5-13(20)10-21-8-4-6-17-21/h4,6,8-9,12-13H,3,5,7,10-11H2,1-2H3,(H,18,22)/t13-/m0/s1. The molecule has 0 unspecified atom stereocenters. The van der Waals surface area contributed by atoms with Gasteiger partial charge in [0, 0.05) is 24.5 Å². The molecule has 3 heterocycles. The van der Waals surface area contributed by atoms with Gasteiger partial charge in [-0.25, -0.2) is 0 Å². The molecule has 0 spiro atoms. The molecular weight excluding hydrogens is 294 g/mol. The van der Waals surface area contributed by atoms with Crippen molar-refractivity contribution in [1.29, 1.82) is 0 Å². The van der Waals surface area contributed by atoms with Crippen molar-refractivity contribution in [2.45, 2.75) is 45.2 Å². The van der Waals surface area contributed by atoms with E-state index in [4.69, 9.17) is 4.52 Å². The third-order valence-electron chi connectivity index (χ3n) is 4.19. The normalized spacial score (nSPS) is 18.7. The summed E-state index contributed by atoms with van der Waals surface area (Å²) in [5, 5.41) is 11.0. The molecular formula is C16H23N5O2. The second kappa shape index (κ2) is 6.95. The molecule has 0 bridgehead atoms. The summed E-state index contributed by atoms with van der Waals surface area (Å²) in [5.74, 6) is 0.631. The number of likely N-dealkylation sites (tertiary alicyclic amines) is 1. The van der Waals surface area contributed by atoms with Crippen LogP contribution in [0.1, 0.15) is 38.3 Å². The number of hydrogen-bond acceptors (Lipinski definition) is 5. The average Bonchev–Trinajstić information content (AvgIpc) is 3.22. The lowest BCUT2D eigenvalue weighted by Gasteiger charge is -2.23. The minimum atomic E-state index is -0.0659. The van der Waals surface area contributed by atoms with Crippen molar-refractivity contribution in [3.05, 3.63) is 30.2 Å². The number of rotatable bonds is 6. The Balaban J connectivity index is 1.53. The van der Waals surface area contributed by atoms with Gasteiger partial charge in [0.25, 0.3) is 0 Å². The molecule has 1 saturated heterocycles. The minimum absolute atomic E-state index is 0.0659. The molecule has 0 radical (unpaired) electrons. The molecule has 0 saturated carbocycles. The predicted octanol–water partition coefficient (Wildman–Crippen LogP) is 2.10. The fraction of sp³-hybridized carbons (Fsp3) is 0.562. The predicted molar refractivity (Wildman–Crippen MR) is 86.0 cm³/mol. The highest BCUT2D eigenvalue weighted by Crippen LogP contribution is 2.20. The van der Waals surface area contributed by atoms with Crippen LogP contribution in [0.5, 0.6) is 0 Å². The lowest BCUT2D eigenvalue weighted by Crippen LogP contribution is -2.39. The van der Waals surface area contributed by atoms with E-state index < -0.39 is 0 Å². The Morgan fingerprint density at radius 3 is 3.09 bits per heavy atom. The first kappa shape index (κ1) is 15.7. The number of aromatic nitrogens is 3. The summed E-state index contributed by atoms with van der Waals surface area (Å²) >= 11 is 0. The average molecular weight is 317 g/mol. The maximum absolute atomic E-state index is 12.2. The number of carbonyl (C=O) groups is 1.